The number of fused-ring (bicyclic) bond motifs is 1. The zero-order valence-corrected chi connectivity index (χ0v) is 16.2. The molecule has 2 N–H and O–H groups in total. The molecule has 4 aromatic rings. The van der Waals surface area contributed by atoms with Crippen LogP contribution in [0.3, 0.4) is 0 Å². The van der Waals surface area contributed by atoms with Gasteiger partial charge in [-0.2, -0.15) is 0 Å². The average molecular weight is 431 g/mol. The number of aromatic nitrogens is 2. The van der Waals surface area contributed by atoms with Crippen LogP contribution in [-0.4, -0.2) is 10.1 Å². The molecule has 4 nitrogen and oxygen atoms in total. The number of hydrogen-bond donors (Lipinski definition) is 1. The molecule has 0 aliphatic carbocycles. The highest BCUT2D eigenvalue weighted by atomic mass is 79.9. The van der Waals surface area contributed by atoms with E-state index in [0.29, 0.717) is 6.42 Å². The van der Waals surface area contributed by atoms with Crippen LogP contribution in [0.5, 0.6) is 0 Å². The summed E-state index contributed by atoms with van der Waals surface area (Å²) < 4.78 is 6.47. The van der Waals surface area contributed by atoms with Gasteiger partial charge in [-0.05, 0) is 35.9 Å². The molecule has 1 unspecified atom stereocenters. The Labute approximate surface area is 166 Å². The lowest BCUT2D eigenvalue weighted by atomic mass is 9.94. The van der Waals surface area contributed by atoms with Gasteiger partial charge in [0.1, 0.15) is 5.69 Å². The first-order valence-electron chi connectivity index (χ1n) is 8.02. The lowest BCUT2D eigenvalue weighted by Gasteiger charge is -2.15. The summed E-state index contributed by atoms with van der Waals surface area (Å²) in [5, 5.41) is 5.26. The normalized spacial score (nSPS) is 11.9. The molecule has 0 radical (unpaired) electrons. The van der Waals surface area contributed by atoms with E-state index in [1.54, 1.807) is 6.20 Å². The minimum absolute atomic E-state index is 0. The van der Waals surface area contributed by atoms with Crippen LogP contribution in [0, 0.1) is 0 Å². The quantitative estimate of drug-likeness (QED) is 0.476. The van der Waals surface area contributed by atoms with Gasteiger partial charge in [-0.3, -0.25) is 4.98 Å². The molecule has 0 aliphatic heterocycles. The Balaban J connectivity index is 0.00000196. The average Bonchev–Trinajstić information content (AvgIpc) is 3.05. The fourth-order valence-electron chi connectivity index (χ4n) is 3.00. The van der Waals surface area contributed by atoms with Crippen LogP contribution in [0.15, 0.2) is 75.9 Å². The number of pyridine rings is 1. The van der Waals surface area contributed by atoms with Gasteiger partial charge >= 0.3 is 0 Å². The molecular formula is C20H17BrClN3O. The van der Waals surface area contributed by atoms with Crippen molar-refractivity contribution in [2.24, 2.45) is 5.73 Å². The predicted octanol–water partition coefficient (Wildman–Crippen LogP) is 5.32. The minimum Gasteiger partial charge on any atom is -0.356 e. The first-order valence-corrected chi connectivity index (χ1v) is 8.81. The molecule has 1 atom stereocenters. The van der Waals surface area contributed by atoms with Crippen LogP contribution in [0.4, 0.5) is 0 Å². The van der Waals surface area contributed by atoms with Crippen LogP contribution >= 0.6 is 28.3 Å². The minimum atomic E-state index is -0.173. The number of nitrogens with two attached hydrogens (primary N) is 1. The zero-order chi connectivity index (χ0) is 17.2. The summed E-state index contributed by atoms with van der Waals surface area (Å²) in [5.41, 5.74) is 11.1. The molecular weight excluding hydrogens is 414 g/mol. The van der Waals surface area contributed by atoms with Gasteiger partial charge in [-0.1, -0.05) is 51.4 Å². The van der Waals surface area contributed by atoms with Crippen LogP contribution in [0.25, 0.3) is 22.2 Å². The van der Waals surface area contributed by atoms with Crippen molar-refractivity contribution in [3.05, 3.63) is 82.6 Å². The van der Waals surface area contributed by atoms with E-state index in [4.69, 9.17) is 10.3 Å². The summed E-state index contributed by atoms with van der Waals surface area (Å²) >= 11 is 3.46. The summed E-state index contributed by atoms with van der Waals surface area (Å²) in [4.78, 5) is 4.38. The van der Waals surface area contributed by atoms with Gasteiger partial charge in [0.2, 0.25) is 0 Å². The van der Waals surface area contributed by atoms with Crippen molar-refractivity contribution in [2.45, 2.75) is 12.5 Å². The van der Waals surface area contributed by atoms with Gasteiger partial charge in [-0.15, -0.1) is 12.4 Å². The third kappa shape index (κ3) is 3.65. The molecule has 0 aliphatic rings. The predicted molar refractivity (Wildman–Crippen MR) is 109 cm³/mol. The number of hydrogen-bond acceptors (Lipinski definition) is 4. The van der Waals surface area contributed by atoms with Crippen molar-refractivity contribution in [2.75, 3.05) is 0 Å². The molecule has 0 saturated heterocycles. The van der Waals surface area contributed by atoms with Gasteiger partial charge < -0.3 is 10.3 Å². The fraction of sp³-hybridized carbons (Fsp3) is 0.100. The van der Waals surface area contributed by atoms with Crippen molar-refractivity contribution in [1.82, 2.24) is 10.1 Å². The van der Waals surface area contributed by atoms with E-state index in [0.717, 1.165) is 38.0 Å². The van der Waals surface area contributed by atoms with Crippen LogP contribution in [-0.2, 0) is 6.42 Å². The highest BCUT2D eigenvalue weighted by Crippen LogP contribution is 2.34. The molecule has 0 spiro atoms. The van der Waals surface area contributed by atoms with Gasteiger partial charge in [0, 0.05) is 39.8 Å². The number of rotatable bonds is 4. The van der Waals surface area contributed by atoms with E-state index < -0.39 is 0 Å². The highest BCUT2D eigenvalue weighted by Gasteiger charge is 2.18. The Bertz CT molecular complexity index is 1020. The summed E-state index contributed by atoms with van der Waals surface area (Å²) in [7, 11) is 0. The van der Waals surface area contributed by atoms with Crippen molar-refractivity contribution >= 4 is 39.3 Å². The molecule has 0 bridgehead atoms. The molecule has 2 heterocycles. The number of halogens is 2. The Morgan fingerprint density at radius 3 is 2.65 bits per heavy atom. The van der Waals surface area contributed by atoms with Gasteiger partial charge in [0.05, 0.1) is 0 Å². The lowest BCUT2D eigenvalue weighted by Crippen LogP contribution is -2.15. The smallest absolute Gasteiger partial charge is 0.168 e. The molecule has 2 aromatic heterocycles. The molecule has 4 rings (SSSR count). The molecule has 0 saturated carbocycles. The standard InChI is InChI=1S/C20H16BrN3O.ClH/c21-13-8-9-17-19(11-13)25-24-20(17)16-7-2-1-6-15(16)18(22)12-14-5-3-4-10-23-14;/h1-11,18H,12,22H2;1H. The van der Waals surface area contributed by atoms with E-state index in [1.807, 2.05) is 60.7 Å². The monoisotopic (exact) mass is 429 g/mol. The topological polar surface area (TPSA) is 64.9 Å². The Hall–Kier alpha value is -2.21. The van der Waals surface area contributed by atoms with Gasteiger partial charge in [-0.25, -0.2) is 0 Å². The summed E-state index contributed by atoms with van der Waals surface area (Å²) in [6, 6.07) is 19.7. The van der Waals surface area contributed by atoms with Crippen LogP contribution < -0.4 is 5.73 Å². The van der Waals surface area contributed by atoms with Crippen molar-refractivity contribution in [1.29, 1.82) is 0 Å². The zero-order valence-electron chi connectivity index (χ0n) is 13.8. The maximum Gasteiger partial charge on any atom is 0.168 e. The van der Waals surface area contributed by atoms with Crippen LogP contribution in [0.2, 0.25) is 0 Å². The second kappa shape index (κ2) is 7.99. The van der Waals surface area contributed by atoms with E-state index in [-0.39, 0.29) is 18.4 Å². The van der Waals surface area contributed by atoms with Crippen molar-refractivity contribution in [3.63, 3.8) is 0 Å². The molecule has 6 heteroatoms. The number of nitrogens with zero attached hydrogens (tertiary/aromatic N) is 2. The maximum atomic E-state index is 6.50. The third-order valence-electron chi connectivity index (χ3n) is 4.20. The lowest BCUT2D eigenvalue weighted by molar-refractivity contribution is 0.459. The Morgan fingerprint density at radius 1 is 1.04 bits per heavy atom. The molecule has 0 fully saturated rings. The second-order valence-electron chi connectivity index (χ2n) is 5.89. The van der Waals surface area contributed by atoms with Gasteiger partial charge in [0.25, 0.3) is 0 Å². The van der Waals surface area contributed by atoms with E-state index in [9.17, 15) is 0 Å². The highest BCUT2D eigenvalue weighted by molar-refractivity contribution is 9.10. The largest absolute Gasteiger partial charge is 0.356 e. The molecule has 26 heavy (non-hydrogen) atoms. The van der Waals surface area contributed by atoms with E-state index in [1.165, 1.54) is 0 Å². The Kier molecular flexibility index (Phi) is 5.71. The third-order valence-corrected chi connectivity index (χ3v) is 4.70. The van der Waals surface area contributed by atoms with Crippen molar-refractivity contribution in [3.8, 4) is 11.3 Å². The van der Waals surface area contributed by atoms with E-state index >= 15 is 0 Å². The van der Waals surface area contributed by atoms with Gasteiger partial charge in [0.15, 0.2) is 5.58 Å². The fourth-order valence-corrected chi connectivity index (χ4v) is 3.34. The summed E-state index contributed by atoms with van der Waals surface area (Å²) in [5.74, 6) is 0. The molecule has 2 aromatic carbocycles. The SMILES string of the molecule is Cl.NC(Cc1ccccn1)c1ccccc1-c1noc2cc(Br)ccc12. The first kappa shape index (κ1) is 18.6. The molecule has 0 amide bonds. The number of benzene rings is 2. The Morgan fingerprint density at radius 2 is 1.85 bits per heavy atom. The van der Waals surface area contributed by atoms with E-state index in [2.05, 4.69) is 26.1 Å². The summed E-state index contributed by atoms with van der Waals surface area (Å²) in [6.07, 6.45) is 2.45. The second-order valence-corrected chi connectivity index (χ2v) is 6.81. The van der Waals surface area contributed by atoms with Crippen molar-refractivity contribution < 1.29 is 4.52 Å². The maximum absolute atomic E-state index is 6.50. The van der Waals surface area contributed by atoms with Crippen LogP contribution in [0.1, 0.15) is 17.3 Å². The summed E-state index contributed by atoms with van der Waals surface area (Å²) in [6.45, 7) is 0. The first-order chi connectivity index (χ1) is 12.2. The molecule has 132 valence electrons.